The molecule has 202 valence electrons. The highest BCUT2D eigenvalue weighted by molar-refractivity contribution is 5.65. The zero-order chi connectivity index (χ0) is 26.5. The third-order valence-electron chi connectivity index (χ3n) is 10.5. The summed E-state index contributed by atoms with van der Waals surface area (Å²) in [6.45, 7) is 8.35. The Bertz CT molecular complexity index is 1190. The number of aliphatic hydroxyl groups excluding tert-OH is 1. The third kappa shape index (κ3) is 4.51. The molecule has 6 atom stereocenters. The van der Waals surface area contributed by atoms with E-state index in [1.54, 1.807) is 17.2 Å². The van der Waals surface area contributed by atoms with Crippen molar-refractivity contribution in [3.05, 3.63) is 58.7 Å². The molecule has 6 unspecified atom stereocenters. The maximum atomic E-state index is 11.2. The molecule has 1 N–H and O–H groups in total. The SMILES string of the molecule is CC1(C)COC2(CCC3=C4C(c5ccc(C#C/C=C/C=O)cc5)CC5(C)C(O)CCC5C4CCC3C2)OC1. The first-order chi connectivity index (χ1) is 18.2. The first kappa shape index (κ1) is 26.1. The Morgan fingerprint density at radius 2 is 1.76 bits per heavy atom. The molecule has 4 heteroatoms. The lowest BCUT2D eigenvalue weighted by atomic mass is 9.52. The molecule has 5 aliphatic rings. The number of hydrogen-bond donors (Lipinski definition) is 1. The van der Waals surface area contributed by atoms with Gasteiger partial charge in [0.05, 0.1) is 19.3 Å². The van der Waals surface area contributed by atoms with E-state index < -0.39 is 5.79 Å². The van der Waals surface area contributed by atoms with Crippen LogP contribution in [-0.2, 0) is 14.3 Å². The predicted molar refractivity (Wildman–Crippen MR) is 148 cm³/mol. The van der Waals surface area contributed by atoms with Crippen LogP contribution in [-0.4, -0.2) is 36.5 Å². The lowest BCUT2D eigenvalue weighted by Crippen LogP contribution is -2.52. The van der Waals surface area contributed by atoms with E-state index in [4.69, 9.17) is 9.47 Å². The summed E-state index contributed by atoms with van der Waals surface area (Å²) < 4.78 is 12.9. The maximum absolute atomic E-state index is 11.2. The van der Waals surface area contributed by atoms with Crippen LogP contribution in [0.3, 0.4) is 0 Å². The van der Waals surface area contributed by atoms with E-state index in [0.29, 0.717) is 23.7 Å². The summed E-state index contributed by atoms with van der Waals surface area (Å²) in [7, 11) is 0. The molecule has 0 aromatic heterocycles. The van der Waals surface area contributed by atoms with E-state index in [1.165, 1.54) is 24.5 Å². The lowest BCUT2D eigenvalue weighted by Gasteiger charge is -2.55. The van der Waals surface area contributed by atoms with Crippen LogP contribution >= 0.6 is 0 Å². The minimum absolute atomic E-state index is 0.0264. The first-order valence-electron chi connectivity index (χ1n) is 14.6. The highest BCUT2D eigenvalue weighted by atomic mass is 16.7. The Morgan fingerprint density at radius 1 is 1.00 bits per heavy atom. The first-order valence-corrected chi connectivity index (χ1v) is 14.6. The molecule has 0 radical (unpaired) electrons. The van der Waals surface area contributed by atoms with Crippen molar-refractivity contribution in [2.75, 3.05) is 13.2 Å². The van der Waals surface area contributed by atoms with Crippen LogP contribution in [0.2, 0.25) is 0 Å². The third-order valence-corrected chi connectivity index (χ3v) is 10.5. The van der Waals surface area contributed by atoms with E-state index in [9.17, 15) is 9.90 Å². The van der Waals surface area contributed by atoms with Crippen LogP contribution in [0.4, 0.5) is 0 Å². The number of hydrogen-bond acceptors (Lipinski definition) is 4. The minimum atomic E-state index is -0.405. The number of rotatable bonds is 2. The molecule has 1 saturated heterocycles. The van der Waals surface area contributed by atoms with Gasteiger partial charge in [0.2, 0.25) is 0 Å². The van der Waals surface area contributed by atoms with Crippen molar-refractivity contribution in [3.8, 4) is 11.8 Å². The molecule has 1 aromatic rings. The van der Waals surface area contributed by atoms with Gasteiger partial charge in [0.1, 0.15) is 6.29 Å². The van der Waals surface area contributed by atoms with Crippen LogP contribution in [0.5, 0.6) is 0 Å². The summed E-state index contributed by atoms with van der Waals surface area (Å²) in [5.74, 6) is 7.66. The number of ether oxygens (including phenoxy) is 2. The molecule has 0 amide bonds. The summed E-state index contributed by atoms with van der Waals surface area (Å²) in [6.07, 6.45) is 12.0. The average Bonchev–Trinajstić information content (AvgIpc) is 3.22. The molecule has 4 fully saturated rings. The Balaban J connectivity index is 1.34. The van der Waals surface area contributed by atoms with Gasteiger partial charge in [-0.2, -0.15) is 0 Å². The number of benzene rings is 1. The summed E-state index contributed by atoms with van der Waals surface area (Å²) in [4.78, 5) is 10.5. The Hall–Kier alpha value is -2.19. The average molecular weight is 515 g/mol. The van der Waals surface area contributed by atoms with Gasteiger partial charge < -0.3 is 14.6 Å². The maximum Gasteiger partial charge on any atom is 0.169 e. The monoisotopic (exact) mass is 514 g/mol. The van der Waals surface area contributed by atoms with Crippen LogP contribution < -0.4 is 0 Å². The van der Waals surface area contributed by atoms with Gasteiger partial charge in [-0.3, -0.25) is 4.79 Å². The van der Waals surface area contributed by atoms with E-state index in [2.05, 4.69) is 56.9 Å². The van der Waals surface area contributed by atoms with Crippen LogP contribution in [0.15, 0.2) is 47.6 Å². The molecule has 3 saturated carbocycles. The fourth-order valence-electron chi connectivity index (χ4n) is 8.51. The standard InChI is InChI=1S/C34H42O4/c1-32(2)21-37-34(38-22-32)17-16-26-25(19-34)12-13-27-29-14-15-30(36)33(29,3)20-28(31(26)27)24-10-8-23(9-11-24)7-5-4-6-18-35/h4,6,8-11,18,25,27-30,36H,12-17,19-22H2,1-3H3/b6-4+. The van der Waals surface area contributed by atoms with Crippen LogP contribution in [0, 0.1) is 40.4 Å². The minimum Gasteiger partial charge on any atom is -0.393 e. The van der Waals surface area contributed by atoms with Gasteiger partial charge in [0.15, 0.2) is 5.79 Å². The second kappa shape index (κ2) is 9.77. The van der Waals surface area contributed by atoms with Gasteiger partial charge in [-0.1, -0.05) is 55.9 Å². The van der Waals surface area contributed by atoms with E-state index >= 15 is 0 Å². The lowest BCUT2D eigenvalue weighted by molar-refractivity contribution is -0.312. The summed E-state index contributed by atoms with van der Waals surface area (Å²) in [5, 5.41) is 11.2. The van der Waals surface area contributed by atoms with E-state index in [0.717, 1.165) is 63.6 Å². The van der Waals surface area contributed by atoms with Crippen molar-refractivity contribution >= 4 is 6.29 Å². The summed E-state index contributed by atoms with van der Waals surface area (Å²) in [5.41, 5.74) is 5.73. The second-order valence-corrected chi connectivity index (χ2v) is 13.6. The molecule has 1 aromatic carbocycles. The fourth-order valence-corrected chi connectivity index (χ4v) is 8.51. The molecule has 4 aliphatic carbocycles. The molecular weight excluding hydrogens is 472 g/mol. The predicted octanol–water partition coefficient (Wildman–Crippen LogP) is 6.33. The Kier molecular flexibility index (Phi) is 6.70. The molecule has 6 rings (SSSR count). The van der Waals surface area contributed by atoms with Gasteiger partial charge in [-0.05, 0) is 91.5 Å². The molecule has 38 heavy (non-hydrogen) atoms. The number of fused-ring (bicyclic) bond motifs is 4. The van der Waals surface area contributed by atoms with Crippen molar-refractivity contribution in [1.82, 2.24) is 0 Å². The highest BCUT2D eigenvalue weighted by Crippen LogP contribution is 2.64. The van der Waals surface area contributed by atoms with Crippen molar-refractivity contribution in [2.24, 2.45) is 28.6 Å². The van der Waals surface area contributed by atoms with Gasteiger partial charge in [-0.25, -0.2) is 0 Å². The molecule has 0 bridgehead atoms. The quantitative estimate of drug-likeness (QED) is 0.217. The van der Waals surface area contributed by atoms with E-state index in [1.807, 2.05) is 0 Å². The van der Waals surface area contributed by atoms with Crippen molar-refractivity contribution in [3.63, 3.8) is 0 Å². The number of allylic oxidation sites excluding steroid dienone is 4. The van der Waals surface area contributed by atoms with Gasteiger partial charge >= 0.3 is 0 Å². The topological polar surface area (TPSA) is 55.8 Å². The fraction of sp³-hybridized carbons (Fsp3) is 0.618. The highest BCUT2D eigenvalue weighted by Gasteiger charge is 2.57. The normalized spacial score (nSPS) is 37.2. The molecule has 4 nitrogen and oxygen atoms in total. The molecule has 1 heterocycles. The van der Waals surface area contributed by atoms with Crippen molar-refractivity contribution in [1.29, 1.82) is 0 Å². The van der Waals surface area contributed by atoms with Crippen LogP contribution in [0.25, 0.3) is 0 Å². The number of carbonyl (C=O) groups is 1. The largest absolute Gasteiger partial charge is 0.393 e. The Morgan fingerprint density at radius 3 is 2.50 bits per heavy atom. The molecular formula is C34H42O4. The van der Waals surface area contributed by atoms with Crippen molar-refractivity contribution in [2.45, 2.75) is 89.9 Å². The summed E-state index contributed by atoms with van der Waals surface area (Å²) in [6, 6.07) is 8.71. The second-order valence-electron chi connectivity index (χ2n) is 13.6. The molecule has 1 spiro atoms. The number of carbonyl (C=O) groups excluding carboxylic acids is 1. The smallest absolute Gasteiger partial charge is 0.169 e. The summed E-state index contributed by atoms with van der Waals surface area (Å²) >= 11 is 0. The zero-order valence-corrected chi connectivity index (χ0v) is 23.2. The van der Waals surface area contributed by atoms with Gasteiger partial charge in [0, 0.05) is 29.7 Å². The Labute approximate surface area is 227 Å². The number of aldehydes is 1. The number of aliphatic hydroxyl groups is 1. The van der Waals surface area contributed by atoms with Gasteiger partial charge in [0.25, 0.3) is 0 Å². The van der Waals surface area contributed by atoms with Crippen molar-refractivity contribution < 1.29 is 19.4 Å². The molecule has 1 aliphatic heterocycles. The van der Waals surface area contributed by atoms with E-state index in [-0.39, 0.29) is 16.9 Å². The van der Waals surface area contributed by atoms with Crippen LogP contribution in [0.1, 0.15) is 89.2 Å². The van der Waals surface area contributed by atoms with Gasteiger partial charge in [-0.15, -0.1) is 0 Å². The zero-order valence-electron chi connectivity index (χ0n) is 23.2.